The number of hydrogen-bond donors (Lipinski definition) is 1. The first-order valence-corrected chi connectivity index (χ1v) is 3.61. The number of cyclic esters (lactones) is 2. The summed E-state index contributed by atoms with van der Waals surface area (Å²) in [7, 11) is 0. The van der Waals surface area contributed by atoms with Crippen LogP contribution in [-0.2, 0) is 19.1 Å². The van der Waals surface area contributed by atoms with E-state index in [0.29, 0.717) is 6.42 Å². The summed E-state index contributed by atoms with van der Waals surface area (Å²) in [5.74, 6) is -1.89. The Bertz CT molecular complexity index is 298. The van der Waals surface area contributed by atoms with E-state index in [-0.39, 0.29) is 5.91 Å². The zero-order valence-electron chi connectivity index (χ0n) is 6.42. The Balaban J connectivity index is 2.20. The van der Waals surface area contributed by atoms with Gasteiger partial charge >= 0.3 is 11.9 Å². The molecule has 2 atom stereocenters. The molecular weight excluding hydrogens is 162 g/mol. The molecule has 0 spiro atoms. The van der Waals surface area contributed by atoms with Crippen LogP contribution in [0.5, 0.6) is 0 Å². The fraction of sp³-hybridized carbons (Fsp3) is 0.571. The van der Waals surface area contributed by atoms with Crippen molar-refractivity contribution < 1.29 is 19.1 Å². The Hall–Kier alpha value is -1.39. The van der Waals surface area contributed by atoms with Crippen molar-refractivity contribution in [2.24, 2.45) is 5.92 Å². The lowest BCUT2D eigenvalue weighted by Crippen LogP contribution is -2.41. The molecular formula is C7H7NO4. The average Bonchev–Trinajstić information content (AvgIpc) is 2.57. The van der Waals surface area contributed by atoms with Crippen LogP contribution >= 0.6 is 0 Å². The standard InChI is InChI=1S/C7H7NO4/c1-3(9)8-7-2-4(7)5(10)12-6(7)11/h4H,2H2,1H3,(H,8,9)/t4-,7+/m1/s1. The summed E-state index contributed by atoms with van der Waals surface area (Å²) in [6, 6.07) is 0. The molecule has 0 unspecified atom stereocenters. The van der Waals surface area contributed by atoms with E-state index in [2.05, 4.69) is 10.1 Å². The third-order valence-corrected chi connectivity index (χ3v) is 2.20. The smallest absolute Gasteiger partial charge is 0.340 e. The van der Waals surface area contributed by atoms with Gasteiger partial charge in [0.25, 0.3) is 0 Å². The van der Waals surface area contributed by atoms with Crippen molar-refractivity contribution >= 4 is 17.8 Å². The van der Waals surface area contributed by atoms with Crippen molar-refractivity contribution in [3.8, 4) is 0 Å². The first-order valence-electron chi connectivity index (χ1n) is 3.61. The van der Waals surface area contributed by atoms with Gasteiger partial charge in [-0.25, -0.2) is 4.79 Å². The van der Waals surface area contributed by atoms with Crippen molar-refractivity contribution in [1.29, 1.82) is 0 Å². The van der Waals surface area contributed by atoms with E-state index in [1.54, 1.807) is 0 Å². The lowest BCUT2D eigenvalue weighted by Gasteiger charge is -2.07. The monoisotopic (exact) mass is 169 g/mol. The topological polar surface area (TPSA) is 72.5 Å². The second-order valence-electron chi connectivity index (χ2n) is 3.12. The molecule has 64 valence electrons. The van der Waals surface area contributed by atoms with Crippen LogP contribution in [-0.4, -0.2) is 23.4 Å². The highest BCUT2D eigenvalue weighted by Gasteiger charge is 2.72. The van der Waals surface area contributed by atoms with Gasteiger partial charge < -0.3 is 10.1 Å². The van der Waals surface area contributed by atoms with Crippen molar-refractivity contribution in [2.75, 3.05) is 0 Å². The number of fused-ring (bicyclic) bond motifs is 1. The number of ether oxygens (including phenoxy) is 1. The summed E-state index contributed by atoms with van der Waals surface area (Å²) in [6.45, 7) is 1.31. The molecule has 1 aliphatic carbocycles. The predicted octanol–water partition coefficient (Wildman–Crippen LogP) is -1.04. The molecule has 0 bridgehead atoms. The van der Waals surface area contributed by atoms with E-state index in [0.717, 1.165) is 0 Å². The predicted molar refractivity (Wildman–Crippen MR) is 35.8 cm³/mol. The molecule has 2 aliphatic rings. The molecule has 5 nitrogen and oxygen atoms in total. The lowest BCUT2D eigenvalue weighted by molar-refractivity contribution is -0.156. The maximum atomic E-state index is 11.0. The number of amides is 1. The fourth-order valence-electron chi connectivity index (χ4n) is 1.53. The molecule has 0 radical (unpaired) electrons. The molecule has 1 saturated carbocycles. The summed E-state index contributed by atoms with van der Waals surface area (Å²) in [5, 5.41) is 2.44. The van der Waals surface area contributed by atoms with E-state index < -0.39 is 23.4 Å². The Morgan fingerprint density at radius 3 is 2.67 bits per heavy atom. The van der Waals surface area contributed by atoms with Crippen molar-refractivity contribution in [3.63, 3.8) is 0 Å². The molecule has 1 saturated heterocycles. The van der Waals surface area contributed by atoms with Crippen LogP contribution in [0.25, 0.3) is 0 Å². The van der Waals surface area contributed by atoms with Crippen LogP contribution in [0.2, 0.25) is 0 Å². The highest BCUT2D eigenvalue weighted by molar-refractivity contribution is 6.08. The normalized spacial score (nSPS) is 37.2. The molecule has 0 aromatic rings. The minimum Gasteiger partial charge on any atom is -0.391 e. The number of rotatable bonds is 1. The van der Waals surface area contributed by atoms with E-state index in [1.807, 2.05) is 0 Å². The maximum Gasteiger partial charge on any atom is 0.340 e. The van der Waals surface area contributed by atoms with Gasteiger partial charge in [0.2, 0.25) is 5.91 Å². The number of hydrogen-bond acceptors (Lipinski definition) is 4. The number of nitrogens with one attached hydrogen (secondary N) is 1. The van der Waals surface area contributed by atoms with E-state index >= 15 is 0 Å². The molecule has 2 rings (SSSR count). The molecule has 2 fully saturated rings. The van der Waals surface area contributed by atoms with E-state index in [1.165, 1.54) is 6.92 Å². The highest BCUT2D eigenvalue weighted by atomic mass is 16.6. The van der Waals surface area contributed by atoms with Gasteiger partial charge in [0.05, 0.1) is 5.92 Å². The Kier molecular flexibility index (Phi) is 1.12. The molecule has 1 heterocycles. The van der Waals surface area contributed by atoms with E-state index in [9.17, 15) is 14.4 Å². The Morgan fingerprint density at radius 1 is 1.67 bits per heavy atom. The Morgan fingerprint density at radius 2 is 2.33 bits per heavy atom. The van der Waals surface area contributed by atoms with Gasteiger partial charge in [-0.3, -0.25) is 9.59 Å². The average molecular weight is 169 g/mol. The van der Waals surface area contributed by atoms with Gasteiger partial charge in [-0.1, -0.05) is 0 Å². The van der Waals surface area contributed by atoms with Gasteiger partial charge in [-0.05, 0) is 6.42 Å². The van der Waals surface area contributed by atoms with Crippen molar-refractivity contribution in [2.45, 2.75) is 18.9 Å². The van der Waals surface area contributed by atoms with Crippen LogP contribution in [0.4, 0.5) is 0 Å². The van der Waals surface area contributed by atoms with Gasteiger partial charge in [0.15, 0.2) is 5.54 Å². The SMILES string of the molecule is CC(=O)N[C@@]12C[C@@H]1C(=O)OC2=O. The third-order valence-electron chi connectivity index (χ3n) is 2.20. The molecule has 1 aliphatic heterocycles. The summed E-state index contributed by atoms with van der Waals surface area (Å²) in [5.41, 5.74) is -0.997. The second-order valence-corrected chi connectivity index (χ2v) is 3.12. The Labute approximate surface area is 68.1 Å². The molecule has 0 aromatic heterocycles. The summed E-state index contributed by atoms with van der Waals surface area (Å²) in [6.07, 6.45) is 0.393. The van der Waals surface area contributed by atoms with Crippen LogP contribution in [0.3, 0.4) is 0 Å². The quantitative estimate of drug-likeness (QED) is 0.402. The van der Waals surface area contributed by atoms with Crippen molar-refractivity contribution in [1.82, 2.24) is 5.32 Å². The summed E-state index contributed by atoms with van der Waals surface area (Å²) < 4.78 is 4.33. The van der Waals surface area contributed by atoms with Crippen LogP contribution in [0.15, 0.2) is 0 Å². The van der Waals surface area contributed by atoms with Crippen molar-refractivity contribution in [3.05, 3.63) is 0 Å². The highest BCUT2D eigenvalue weighted by Crippen LogP contribution is 2.49. The van der Waals surface area contributed by atoms with Gasteiger partial charge in [0, 0.05) is 6.92 Å². The molecule has 0 aromatic carbocycles. The minimum absolute atomic E-state index is 0.316. The van der Waals surface area contributed by atoms with Gasteiger partial charge in [-0.2, -0.15) is 0 Å². The molecule has 5 heteroatoms. The summed E-state index contributed by atoms with van der Waals surface area (Å²) in [4.78, 5) is 32.5. The third kappa shape index (κ3) is 0.704. The first-order chi connectivity index (χ1) is 5.56. The molecule has 1 amide bonds. The van der Waals surface area contributed by atoms with Gasteiger partial charge in [-0.15, -0.1) is 0 Å². The fourth-order valence-corrected chi connectivity index (χ4v) is 1.53. The number of esters is 2. The van der Waals surface area contributed by atoms with E-state index in [4.69, 9.17) is 0 Å². The maximum absolute atomic E-state index is 11.0. The molecule has 12 heavy (non-hydrogen) atoms. The lowest BCUT2D eigenvalue weighted by atomic mass is 10.2. The van der Waals surface area contributed by atoms with Crippen LogP contribution in [0.1, 0.15) is 13.3 Å². The first kappa shape index (κ1) is 7.27. The summed E-state index contributed by atoms with van der Waals surface area (Å²) >= 11 is 0. The minimum atomic E-state index is -0.997. The zero-order chi connectivity index (χ0) is 8.93. The van der Waals surface area contributed by atoms with Crippen LogP contribution < -0.4 is 5.32 Å². The second kappa shape index (κ2) is 1.85. The van der Waals surface area contributed by atoms with Gasteiger partial charge in [0.1, 0.15) is 0 Å². The zero-order valence-corrected chi connectivity index (χ0v) is 6.42. The van der Waals surface area contributed by atoms with Crippen LogP contribution in [0, 0.1) is 5.92 Å². The number of carbonyl (C=O) groups excluding carboxylic acids is 3. The molecule has 1 N–H and O–H groups in total. The largest absolute Gasteiger partial charge is 0.391 e. The number of carbonyl (C=O) groups is 3.